The number of carbonyl (C=O) groups is 1. The SMILES string of the molecule is CCOC(C(=O)c1ccc(F)cc1)C(C)C. The van der Waals surface area contributed by atoms with Gasteiger partial charge < -0.3 is 4.74 Å². The minimum atomic E-state index is -0.449. The summed E-state index contributed by atoms with van der Waals surface area (Å²) in [5.74, 6) is -0.316. The topological polar surface area (TPSA) is 26.3 Å². The van der Waals surface area contributed by atoms with Crippen molar-refractivity contribution in [2.24, 2.45) is 5.92 Å². The van der Waals surface area contributed by atoms with Gasteiger partial charge in [-0.1, -0.05) is 13.8 Å². The zero-order chi connectivity index (χ0) is 12.1. The second-order valence-corrected chi connectivity index (χ2v) is 3.99. The first-order valence-electron chi connectivity index (χ1n) is 5.47. The molecule has 0 bridgehead atoms. The predicted octanol–water partition coefficient (Wildman–Crippen LogP) is 3.07. The van der Waals surface area contributed by atoms with Gasteiger partial charge in [0, 0.05) is 12.2 Å². The number of ketones is 1. The summed E-state index contributed by atoms with van der Waals surface area (Å²) in [7, 11) is 0. The lowest BCUT2D eigenvalue weighted by Gasteiger charge is -2.19. The molecule has 2 nitrogen and oxygen atoms in total. The van der Waals surface area contributed by atoms with E-state index >= 15 is 0 Å². The molecule has 88 valence electrons. The monoisotopic (exact) mass is 224 g/mol. The number of Topliss-reactive ketones (excluding diaryl/α,β-unsaturated/α-hetero) is 1. The molecule has 1 aromatic carbocycles. The average Bonchev–Trinajstić information content (AvgIpc) is 2.25. The molecule has 3 heteroatoms. The largest absolute Gasteiger partial charge is 0.370 e. The fourth-order valence-electron chi connectivity index (χ4n) is 1.53. The lowest BCUT2D eigenvalue weighted by molar-refractivity contribution is 0.0279. The zero-order valence-corrected chi connectivity index (χ0v) is 9.87. The molecule has 0 saturated heterocycles. The zero-order valence-electron chi connectivity index (χ0n) is 9.87. The van der Waals surface area contributed by atoms with E-state index in [1.54, 1.807) is 0 Å². The van der Waals surface area contributed by atoms with E-state index in [0.717, 1.165) is 0 Å². The molecule has 0 radical (unpaired) electrons. The maximum absolute atomic E-state index is 12.7. The van der Waals surface area contributed by atoms with E-state index in [-0.39, 0.29) is 17.5 Å². The van der Waals surface area contributed by atoms with Crippen molar-refractivity contribution in [1.82, 2.24) is 0 Å². The minimum Gasteiger partial charge on any atom is -0.370 e. The molecule has 0 aliphatic rings. The highest BCUT2D eigenvalue weighted by atomic mass is 19.1. The summed E-state index contributed by atoms with van der Waals surface area (Å²) in [5.41, 5.74) is 0.494. The number of halogens is 1. The van der Waals surface area contributed by atoms with Gasteiger partial charge in [0.05, 0.1) is 0 Å². The minimum absolute atomic E-state index is 0.0862. The van der Waals surface area contributed by atoms with E-state index in [4.69, 9.17) is 4.74 Å². The Hall–Kier alpha value is -1.22. The Morgan fingerprint density at radius 2 is 1.88 bits per heavy atom. The van der Waals surface area contributed by atoms with Gasteiger partial charge in [-0.2, -0.15) is 0 Å². The Bertz CT molecular complexity index is 343. The lowest BCUT2D eigenvalue weighted by atomic mass is 9.97. The standard InChI is InChI=1S/C13H17FO2/c1-4-16-13(9(2)3)12(15)10-5-7-11(14)8-6-10/h5-9,13H,4H2,1-3H3. The molecular weight excluding hydrogens is 207 g/mol. The molecule has 0 aromatic heterocycles. The van der Waals surface area contributed by atoms with Crippen LogP contribution in [0.1, 0.15) is 31.1 Å². The Labute approximate surface area is 95.4 Å². The summed E-state index contributed by atoms with van der Waals surface area (Å²) in [4.78, 5) is 12.0. The second-order valence-electron chi connectivity index (χ2n) is 3.99. The van der Waals surface area contributed by atoms with Gasteiger partial charge in [-0.25, -0.2) is 4.39 Å². The van der Waals surface area contributed by atoms with Gasteiger partial charge in [-0.3, -0.25) is 4.79 Å². The molecule has 1 atom stereocenters. The van der Waals surface area contributed by atoms with E-state index in [0.29, 0.717) is 12.2 Å². The van der Waals surface area contributed by atoms with Crippen LogP contribution in [0.4, 0.5) is 4.39 Å². The predicted molar refractivity (Wildman–Crippen MR) is 61.0 cm³/mol. The number of hydrogen-bond donors (Lipinski definition) is 0. The molecule has 0 spiro atoms. The summed E-state index contributed by atoms with van der Waals surface area (Å²) in [6, 6.07) is 5.56. The van der Waals surface area contributed by atoms with Crippen LogP contribution in [0.2, 0.25) is 0 Å². The van der Waals surface area contributed by atoms with Crippen molar-refractivity contribution >= 4 is 5.78 Å². The van der Waals surface area contributed by atoms with Crippen LogP contribution in [0.15, 0.2) is 24.3 Å². The fraction of sp³-hybridized carbons (Fsp3) is 0.462. The highest BCUT2D eigenvalue weighted by molar-refractivity contribution is 5.99. The average molecular weight is 224 g/mol. The van der Waals surface area contributed by atoms with Gasteiger partial charge in [-0.15, -0.1) is 0 Å². The number of hydrogen-bond acceptors (Lipinski definition) is 2. The first-order chi connectivity index (χ1) is 7.56. The molecular formula is C13H17FO2. The summed E-state index contributed by atoms with van der Waals surface area (Å²) >= 11 is 0. The Balaban J connectivity index is 2.86. The quantitative estimate of drug-likeness (QED) is 0.718. The molecule has 0 heterocycles. The third-order valence-electron chi connectivity index (χ3n) is 2.34. The Morgan fingerprint density at radius 1 is 1.31 bits per heavy atom. The summed E-state index contributed by atoms with van der Waals surface area (Å²) in [5, 5.41) is 0. The van der Waals surface area contributed by atoms with E-state index in [9.17, 15) is 9.18 Å². The summed E-state index contributed by atoms with van der Waals surface area (Å²) in [6.07, 6.45) is -0.449. The van der Waals surface area contributed by atoms with Crippen LogP contribution in [-0.4, -0.2) is 18.5 Å². The van der Waals surface area contributed by atoms with Crippen molar-refractivity contribution in [1.29, 1.82) is 0 Å². The lowest BCUT2D eigenvalue weighted by Crippen LogP contribution is -2.29. The van der Waals surface area contributed by atoms with Crippen LogP contribution in [0.25, 0.3) is 0 Å². The van der Waals surface area contributed by atoms with Crippen LogP contribution in [0, 0.1) is 11.7 Å². The highest BCUT2D eigenvalue weighted by Crippen LogP contribution is 2.14. The Kier molecular flexibility index (Phi) is 4.62. The van der Waals surface area contributed by atoms with E-state index < -0.39 is 6.10 Å². The third kappa shape index (κ3) is 3.14. The van der Waals surface area contributed by atoms with Crippen LogP contribution in [0.5, 0.6) is 0 Å². The maximum Gasteiger partial charge on any atom is 0.191 e. The number of carbonyl (C=O) groups excluding carboxylic acids is 1. The molecule has 1 rings (SSSR count). The first kappa shape index (κ1) is 12.8. The molecule has 0 N–H and O–H groups in total. The molecule has 16 heavy (non-hydrogen) atoms. The van der Waals surface area contributed by atoms with E-state index in [2.05, 4.69) is 0 Å². The van der Waals surface area contributed by atoms with Gasteiger partial charge in [-0.05, 0) is 37.1 Å². The third-order valence-corrected chi connectivity index (χ3v) is 2.34. The van der Waals surface area contributed by atoms with Gasteiger partial charge in [0.2, 0.25) is 0 Å². The Morgan fingerprint density at radius 3 is 2.31 bits per heavy atom. The molecule has 0 aliphatic carbocycles. The van der Waals surface area contributed by atoms with E-state index in [1.165, 1.54) is 24.3 Å². The van der Waals surface area contributed by atoms with E-state index in [1.807, 2.05) is 20.8 Å². The smallest absolute Gasteiger partial charge is 0.191 e. The van der Waals surface area contributed by atoms with Crippen LogP contribution in [0.3, 0.4) is 0 Å². The van der Waals surface area contributed by atoms with Crippen molar-refractivity contribution in [3.05, 3.63) is 35.6 Å². The van der Waals surface area contributed by atoms with Crippen molar-refractivity contribution < 1.29 is 13.9 Å². The molecule has 0 aliphatic heterocycles. The van der Waals surface area contributed by atoms with Gasteiger partial charge in [0.25, 0.3) is 0 Å². The number of benzene rings is 1. The maximum atomic E-state index is 12.7. The summed E-state index contributed by atoms with van der Waals surface area (Å²) in [6.45, 7) is 6.21. The van der Waals surface area contributed by atoms with Gasteiger partial charge >= 0.3 is 0 Å². The molecule has 0 fully saturated rings. The normalized spacial score (nSPS) is 12.8. The van der Waals surface area contributed by atoms with Crippen molar-refractivity contribution in [3.63, 3.8) is 0 Å². The van der Waals surface area contributed by atoms with Crippen molar-refractivity contribution in [3.8, 4) is 0 Å². The molecule has 1 unspecified atom stereocenters. The highest BCUT2D eigenvalue weighted by Gasteiger charge is 2.23. The molecule has 1 aromatic rings. The van der Waals surface area contributed by atoms with Crippen LogP contribution in [-0.2, 0) is 4.74 Å². The van der Waals surface area contributed by atoms with Crippen LogP contribution < -0.4 is 0 Å². The number of rotatable bonds is 5. The summed E-state index contributed by atoms with van der Waals surface area (Å²) < 4.78 is 18.1. The number of ether oxygens (including phenoxy) is 1. The van der Waals surface area contributed by atoms with Gasteiger partial charge in [0.1, 0.15) is 11.9 Å². The first-order valence-corrected chi connectivity index (χ1v) is 5.47. The van der Waals surface area contributed by atoms with Crippen molar-refractivity contribution in [2.75, 3.05) is 6.61 Å². The second kappa shape index (κ2) is 5.75. The molecule has 0 amide bonds. The molecule has 0 saturated carbocycles. The van der Waals surface area contributed by atoms with Crippen molar-refractivity contribution in [2.45, 2.75) is 26.9 Å². The van der Waals surface area contributed by atoms with Gasteiger partial charge in [0.15, 0.2) is 5.78 Å². The fourth-order valence-corrected chi connectivity index (χ4v) is 1.53. The van der Waals surface area contributed by atoms with Crippen LogP contribution >= 0.6 is 0 Å².